The van der Waals surface area contributed by atoms with Crippen LogP contribution in [0.4, 0.5) is 0 Å². The highest BCUT2D eigenvalue weighted by molar-refractivity contribution is 5.16. The van der Waals surface area contributed by atoms with Gasteiger partial charge in [-0.1, -0.05) is 30.3 Å². The number of ether oxygens (including phenoxy) is 2. The monoisotopic (exact) mass is 240 g/mol. The molecular weight excluding hydrogens is 224 g/mol. The number of benzene rings is 1. The van der Waals surface area contributed by atoms with Gasteiger partial charge >= 0.3 is 0 Å². The van der Waals surface area contributed by atoms with Gasteiger partial charge in [-0.15, -0.1) is 0 Å². The summed E-state index contributed by atoms with van der Waals surface area (Å²) in [6, 6.07) is 9.20. The van der Waals surface area contributed by atoms with Crippen molar-refractivity contribution in [2.45, 2.75) is 24.6 Å². The number of hydrogen-bond acceptors (Lipinski definition) is 5. The zero-order valence-corrected chi connectivity index (χ0v) is 9.27. The summed E-state index contributed by atoms with van der Waals surface area (Å²) in [5, 5.41) is 28.3. The summed E-state index contributed by atoms with van der Waals surface area (Å²) in [6.07, 6.45) is -3.73. The maximum atomic E-state index is 9.67. The third kappa shape index (κ3) is 2.83. The highest BCUT2D eigenvalue weighted by Crippen LogP contribution is 2.25. The molecule has 2 rings (SSSR count). The molecule has 0 spiro atoms. The van der Waals surface area contributed by atoms with Gasteiger partial charge in [-0.25, -0.2) is 0 Å². The number of rotatable bonds is 2. The van der Waals surface area contributed by atoms with Crippen LogP contribution in [-0.2, 0) is 9.47 Å². The van der Waals surface area contributed by atoms with Gasteiger partial charge in [-0.2, -0.15) is 0 Å². The van der Waals surface area contributed by atoms with E-state index in [0.717, 1.165) is 5.56 Å². The fraction of sp³-hybridized carbons (Fsp3) is 0.500. The van der Waals surface area contributed by atoms with Gasteiger partial charge in [0.05, 0.1) is 13.2 Å². The lowest BCUT2D eigenvalue weighted by atomic mass is 10.1. The summed E-state index contributed by atoms with van der Waals surface area (Å²) in [5.74, 6) is 0. The Morgan fingerprint density at radius 3 is 2.53 bits per heavy atom. The minimum absolute atomic E-state index is 0.0305. The molecule has 1 saturated heterocycles. The molecule has 1 aliphatic heterocycles. The SMILES string of the molecule is OC[C@H]1OC(c2ccccc2)OC[C@H](O)[C@H]1O. The molecule has 3 N–H and O–H groups in total. The Hall–Kier alpha value is -0.980. The Kier molecular flexibility index (Phi) is 4.09. The molecule has 94 valence electrons. The molecule has 4 atom stereocenters. The number of aliphatic hydroxyl groups excluding tert-OH is 3. The van der Waals surface area contributed by atoms with E-state index in [4.69, 9.17) is 14.6 Å². The second-order valence-electron chi connectivity index (χ2n) is 3.99. The van der Waals surface area contributed by atoms with Crippen molar-refractivity contribution in [3.63, 3.8) is 0 Å². The summed E-state index contributed by atoms with van der Waals surface area (Å²) in [4.78, 5) is 0. The lowest BCUT2D eigenvalue weighted by Crippen LogP contribution is -2.40. The summed E-state index contributed by atoms with van der Waals surface area (Å²) < 4.78 is 10.8. The van der Waals surface area contributed by atoms with Gasteiger partial charge in [0, 0.05) is 5.56 Å². The van der Waals surface area contributed by atoms with E-state index in [2.05, 4.69) is 0 Å². The zero-order chi connectivity index (χ0) is 12.3. The lowest BCUT2D eigenvalue weighted by Gasteiger charge is -2.22. The van der Waals surface area contributed by atoms with Gasteiger partial charge in [-0.3, -0.25) is 0 Å². The highest BCUT2D eigenvalue weighted by Gasteiger charge is 2.34. The average Bonchev–Trinajstić information content (AvgIpc) is 2.52. The normalized spacial score (nSPS) is 34.3. The predicted molar refractivity (Wildman–Crippen MR) is 59.1 cm³/mol. The summed E-state index contributed by atoms with van der Waals surface area (Å²) in [6.45, 7) is -0.401. The van der Waals surface area contributed by atoms with Crippen molar-refractivity contribution in [1.29, 1.82) is 0 Å². The Morgan fingerprint density at radius 1 is 1.18 bits per heavy atom. The van der Waals surface area contributed by atoms with E-state index in [1.165, 1.54) is 0 Å². The van der Waals surface area contributed by atoms with Gasteiger partial charge < -0.3 is 24.8 Å². The van der Waals surface area contributed by atoms with Gasteiger partial charge in [0.1, 0.15) is 18.3 Å². The molecule has 17 heavy (non-hydrogen) atoms. The minimum Gasteiger partial charge on any atom is -0.394 e. The van der Waals surface area contributed by atoms with Gasteiger partial charge in [-0.05, 0) is 0 Å². The third-order valence-electron chi connectivity index (χ3n) is 2.74. The second kappa shape index (κ2) is 5.57. The average molecular weight is 240 g/mol. The molecule has 0 bridgehead atoms. The molecule has 0 amide bonds. The molecule has 5 nitrogen and oxygen atoms in total. The smallest absolute Gasteiger partial charge is 0.184 e. The molecule has 1 fully saturated rings. The Morgan fingerprint density at radius 2 is 1.88 bits per heavy atom. The molecular formula is C12H16O5. The quantitative estimate of drug-likeness (QED) is 0.668. The highest BCUT2D eigenvalue weighted by atomic mass is 16.7. The topological polar surface area (TPSA) is 79.2 Å². The van der Waals surface area contributed by atoms with Crippen LogP contribution < -0.4 is 0 Å². The summed E-state index contributed by atoms with van der Waals surface area (Å²) in [7, 11) is 0. The predicted octanol–water partition coefficient (Wildman–Crippen LogP) is -0.185. The van der Waals surface area contributed by atoms with Gasteiger partial charge in [0.25, 0.3) is 0 Å². The molecule has 1 aromatic carbocycles. The molecule has 1 aliphatic rings. The largest absolute Gasteiger partial charge is 0.394 e. The van der Waals surface area contributed by atoms with Crippen LogP contribution in [0.25, 0.3) is 0 Å². The first kappa shape index (κ1) is 12.5. The van der Waals surface area contributed by atoms with Gasteiger partial charge in [0.15, 0.2) is 6.29 Å². The molecule has 0 saturated carbocycles. The van der Waals surface area contributed by atoms with Crippen LogP contribution in [0.1, 0.15) is 11.9 Å². The zero-order valence-electron chi connectivity index (χ0n) is 9.27. The molecule has 1 aromatic rings. The van der Waals surface area contributed by atoms with E-state index in [0.29, 0.717) is 0 Å². The molecule has 1 heterocycles. The maximum Gasteiger partial charge on any atom is 0.184 e. The molecule has 1 unspecified atom stereocenters. The third-order valence-corrected chi connectivity index (χ3v) is 2.74. The van der Waals surface area contributed by atoms with Crippen LogP contribution in [0.5, 0.6) is 0 Å². The second-order valence-corrected chi connectivity index (χ2v) is 3.99. The first-order chi connectivity index (χ1) is 8.22. The fourth-order valence-corrected chi connectivity index (χ4v) is 1.75. The molecule has 0 radical (unpaired) electrons. The summed E-state index contributed by atoms with van der Waals surface area (Å²) in [5.41, 5.74) is 0.784. The summed E-state index contributed by atoms with van der Waals surface area (Å²) >= 11 is 0. The van der Waals surface area contributed by atoms with E-state index >= 15 is 0 Å². The first-order valence-electron chi connectivity index (χ1n) is 5.51. The molecule has 5 heteroatoms. The fourth-order valence-electron chi connectivity index (χ4n) is 1.75. The van der Waals surface area contributed by atoms with E-state index in [-0.39, 0.29) is 13.2 Å². The minimum atomic E-state index is -1.14. The van der Waals surface area contributed by atoms with Crippen LogP contribution in [0.15, 0.2) is 30.3 Å². The number of hydrogen-bond donors (Lipinski definition) is 3. The van der Waals surface area contributed by atoms with E-state index in [1.807, 2.05) is 30.3 Å². The molecule has 0 aromatic heterocycles. The van der Waals surface area contributed by atoms with Crippen LogP contribution in [0.3, 0.4) is 0 Å². The standard InChI is InChI=1S/C12H16O5/c13-6-10-11(15)9(14)7-16-12(17-10)8-4-2-1-3-5-8/h1-5,9-15H,6-7H2/t9-,10+,11+,12?/m0/s1. The Labute approximate surface area is 99.2 Å². The van der Waals surface area contributed by atoms with Crippen LogP contribution >= 0.6 is 0 Å². The van der Waals surface area contributed by atoms with Crippen LogP contribution in [0.2, 0.25) is 0 Å². The van der Waals surface area contributed by atoms with Crippen LogP contribution in [-0.4, -0.2) is 46.8 Å². The van der Waals surface area contributed by atoms with Gasteiger partial charge in [0.2, 0.25) is 0 Å². The van der Waals surface area contributed by atoms with Crippen LogP contribution in [0, 0.1) is 0 Å². The van der Waals surface area contributed by atoms with Crippen molar-refractivity contribution < 1.29 is 24.8 Å². The molecule has 0 aliphatic carbocycles. The maximum absolute atomic E-state index is 9.67. The van der Waals surface area contributed by atoms with Crippen molar-refractivity contribution in [3.8, 4) is 0 Å². The first-order valence-corrected chi connectivity index (χ1v) is 5.51. The van der Waals surface area contributed by atoms with Crippen molar-refractivity contribution in [2.24, 2.45) is 0 Å². The lowest BCUT2D eigenvalue weighted by molar-refractivity contribution is -0.178. The van der Waals surface area contributed by atoms with E-state index in [1.54, 1.807) is 0 Å². The van der Waals surface area contributed by atoms with Crippen molar-refractivity contribution in [3.05, 3.63) is 35.9 Å². The van der Waals surface area contributed by atoms with Crippen molar-refractivity contribution in [2.75, 3.05) is 13.2 Å². The van der Waals surface area contributed by atoms with E-state index < -0.39 is 24.6 Å². The Balaban J connectivity index is 2.15. The van der Waals surface area contributed by atoms with Crippen molar-refractivity contribution in [1.82, 2.24) is 0 Å². The van der Waals surface area contributed by atoms with E-state index in [9.17, 15) is 10.2 Å². The van der Waals surface area contributed by atoms with Crippen molar-refractivity contribution >= 4 is 0 Å². The number of aliphatic hydroxyl groups is 3. The Bertz CT molecular complexity index is 342.